The van der Waals surface area contributed by atoms with E-state index in [4.69, 9.17) is 4.74 Å². The van der Waals surface area contributed by atoms with Crippen molar-refractivity contribution in [1.29, 1.82) is 0 Å². The van der Waals surface area contributed by atoms with Crippen molar-refractivity contribution in [1.82, 2.24) is 5.32 Å². The van der Waals surface area contributed by atoms with Gasteiger partial charge in [0.15, 0.2) is 0 Å². The summed E-state index contributed by atoms with van der Waals surface area (Å²) in [4.78, 5) is 0. The topological polar surface area (TPSA) is 21.3 Å². The van der Waals surface area contributed by atoms with Crippen LogP contribution in [-0.2, 0) is 11.3 Å². The number of hydrogen-bond donors (Lipinski definition) is 1. The van der Waals surface area contributed by atoms with Gasteiger partial charge in [0.25, 0.3) is 6.43 Å². The van der Waals surface area contributed by atoms with E-state index in [-0.39, 0.29) is 11.7 Å². The van der Waals surface area contributed by atoms with E-state index in [9.17, 15) is 8.78 Å². The molecule has 0 fully saturated rings. The first kappa shape index (κ1) is 14.1. The highest BCUT2D eigenvalue weighted by Crippen LogP contribution is 2.18. The molecule has 96 valence electrons. The van der Waals surface area contributed by atoms with Gasteiger partial charge < -0.3 is 10.1 Å². The van der Waals surface area contributed by atoms with Crippen molar-refractivity contribution in [3.05, 3.63) is 35.4 Å². The van der Waals surface area contributed by atoms with Gasteiger partial charge in [-0.15, -0.1) is 0 Å². The molecule has 0 spiro atoms. The minimum absolute atomic E-state index is 0.0666. The van der Waals surface area contributed by atoms with Crippen LogP contribution in [0.5, 0.6) is 0 Å². The smallest absolute Gasteiger partial charge is 0.263 e. The SMILES string of the molecule is CC(C)OCCNCc1ccc(C(F)F)cc1. The zero-order chi connectivity index (χ0) is 12.7. The Hall–Kier alpha value is -1.00. The van der Waals surface area contributed by atoms with E-state index in [1.54, 1.807) is 12.1 Å². The van der Waals surface area contributed by atoms with Crippen LogP contribution in [-0.4, -0.2) is 19.3 Å². The molecule has 0 aliphatic heterocycles. The molecule has 0 aliphatic carbocycles. The molecule has 0 radical (unpaired) electrons. The zero-order valence-corrected chi connectivity index (χ0v) is 10.2. The molecule has 0 saturated heterocycles. The van der Waals surface area contributed by atoms with Crippen molar-refractivity contribution in [3.63, 3.8) is 0 Å². The van der Waals surface area contributed by atoms with Crippen molar-refractivity contribution in [2.75, 3.05) is 13.2 Å². The molecule has 0 aliphatic rings. The molecule has 1 rings (SSSR count). The normalized spacial score (nSPS) is 11.4. The number of alkyl halides is 2. The Morgan fingerprint density at radius 2 is 1.82 bits per heavy atom. The van der Waals surface area contributed by atoms with Crippen LogP contribution >= 0.6 is 0 Å². The van der Waals surface area contributed by atoms with Gasteiger partial charge >= 0.3 is 0 Å². The molecule has 0 saturated carbocycles. The summed E-state index contributed by atoms with van der Waals surface area (Å²) in [7, 11) is 0. The maximum Gasteiger partial charge on any atom is 0.263 e. The van der Waals surface area contributed by atoms with E-state index in [1.807, 2.05) is 13.8 Å². The first-order valence-electron chi connectivity index (χ1n) is 5.79. The summed E-state index contributed by atoms with van der Waals surface area (Å²) >= 11 is 0. The standard InChI is InChI=1S/C13H19F2NO/c1-10(2)17-8-7-16-9-11-3-5-12(6-4-11)13(14)15/h3-6,10,13,16H,7-9H2,1-2H3. The summed E-state index contributed by atoms with van der Waals surface area (Å²) in [5.74, 6) is 0. The summed E-state index contributed by atoms with van der Waals surface area (Å²) in [5.41, 5.74) is 1.07. The second-order valence-corrected chi connectivity index (χ2v) is 4.14. The summed E-state index contributed by atoms with van der Waals surface area (Å²) in [6.07, 6.45) is -2.15. The highest BCUT2D eigenvalue weighted by atomic mass is 19.3. The molecular formula is C13H19F2NO. The van der Waals surface area contributed by atoms with Crippen LogP contribution < -0.4 is 5.32 Å². The van der Waals surface area contributed by atoms with Crippen molar-refractivity contribution in [2.45, 2.75) is 32.9 Å². The Bertz CT molecular complexity index is 312. The molecular weight excluding hydrogens is 224 g/mol. The fourth-order valence-electron chi connectivity index (χ4n) is 1.38. The van der Waals surface area contributed by atoms with Gasteiger partial charge in [-0.25, -0.2) is 8.78 Å². The van der Waals surface area contributed by atoms with Crippen LogP contribution in [0.15, 0.2) is 24.3 Å². The third-order valence-electron chi connectivity index (χ3n) is 2.29. The Kier molecular flexibility index (Phi) is 6.08. The van der Waals surface area contributed by atoms with Crippen LogP contribution in [0.2, 0.25) is 0 Å². The van der Waals surface area contributed by atoms with E-state index in [0.717, 1.165) is 12.1 Å². The largest absolute Gasteiger partial charge is 0.377 e. The van der Waals surface area contributed by atoms with Gasteiger partial charge in [-0.2, -0.15) is 0 Å². The fourth-order valence-corrected chi connectivity index (χ4v) is 1.38. The second kappa shape index (κ2) is 7.35. The lowest BCUT2D eigenvalue weighted by Gasteiger charge is -2.09. The van der Waals surface area contributed by atoms with Gasteiger partial charge in [-0.3, -0.25) is 0 Å². The predicted octanol–water partition coefficient (Wildman–Crippen LogP) is 3.14. The molecule has 1 N–H and O–H groups in total. The molecule has 0 aromatic heterocycles. The second-order valence-electron chi connectivity index (χ2n) is 4.14. The minimum atomic E-state index is -2.39. The Labute approximate surface area is 101 Å². The number of halogens is 2. The van der Waals surface area contributed by atoms with Gasteiger partial charge in [0.2, 0.25) is 0 Å². The summed E-state index contributed by atoms with van der Waals surface area (Å²) in [5, 5.41) is 3.19. The van der Waals surface area contributed by atoms with E-state index < -0.39 is 6.43 Å². The van der Waals surface area contributed by atoms with Crippen molar-refractivity contribution >= 4 is 0 Å². The monoisotopic (exact) mass is 243 g/mol. The molecule has 0 heterocycles. The Morgan fingerprint density at radius 3 is 2.35 bits per heavy atom. The van der Waals surface area contributed by atoms with Crippen LogP contribution in [0, 0.1) is 0 Å². The minimum Gasteiger partial charge on any atom is -0.377 e. The molecule has 0 unspecified atom stereocenters. The molecule has 0 bridgehead atoms. The van der Waals surface area contributed by atoms with Gasteiger partial charge in [0.05, 0.1) is 12.7 Å². The molecule has 17 heavy (non-hydrogen) atoms. The number of hydrogen-bond acceptors (Lipinski definition) is 2. The average Bonchev–Trinajstić information content (AvgIpc) is 2.29. The first-order chi connectivity index (χ1) is 8.09. The lowest BCUT2D eigenvalue weighted by molar-refractivity contribution is 0.0807. The molecule has 0 amide bonds. The van der Waals surface area contributed by atoms with Gasteiger partial charge in [-0.05, 0) is 19.4 Å². The highest BCUT2D eigenvalue weighted by molar-refractivity contribution is 5.23. The van der Waals surface area contributed by atoms with Crippen LogP contribution in [0.25, 0.3) is 0 Å². The average molecular weight is 243 g/mol. The highest BCUT2D eigenvalue weighted by Gasteiger charge is 2.05. The number of nitrogens with one attached hydrogen (secondary N) is 1. The number of rotatable bonds is 7. The number of benzene rings is 1. The van der Waals surface area contributed by atoms with Crippen LogP contribution in [0.1, 0.15) is 31.4 Å². The Morgan fingerprint density at radius 1 is 1.18 bits per heavy atom. The first-order valence-corrected chi connectivity index (χ1v) is 5.79. The molecule has 0 atom stereocenters. The zero-order valence-electron chi connectivity index (χ0n) is 10.2. The van der Waals surface area contributed by atoms with Crippen molar-refractivity contribution in [3.8, 4) is 0 Å². The van der Waals surface area contributed by atoms with E-state index >= 15 is 0 Å². The lowest BCUT2D eigenvalue weighted by Crippen LogP contribution is -2.20. The van der Waals surface area contributed by atoms with Gasteiger partial charge in [-0.1, -0.05) is 24.3 Å². The maximum atomic E-state index is 12.3. The van der Waals surface area contributed by atoms with Crippen LogP contribution in [0.3, 0.4) is 0 Å². The summed E-state index contributed by atoms with van der Waals surface area (Å²) in [6.45, 7) is 6.07. The third-order valence-corrected chi connectivity index (χ3v) is 2.29. The summed E-state index contributed by atoms with van der Waals surface area (Å²) in [6, 6.07) is 6.37. The summed E-state index contributed by atoms with van der Waals surface area (Å²) < 4.78 is 30.0. The lowest BCUT2D eigenvalue weighted by atomic mass is 10.1. The van der Waals surface area contributed by atoms with Crippen molar-refractivity contribution < 1.29 is 13.5 Å². The fraction of sp³-hybridized carbons (Fsp3) is 0.538. The third kappa shape index (κ3) is 5.75. The van der Waals surface area contributed by atoms with Crippen LogP contribution in [0.4, 0.5) is 8.78 Å². The number of ether oxygens (including phenoxy) is 1. The van der Waals surface area contributed by atoms with E-state index in [1.165, 1.54) is 12.1 Å². The molecule has 2 nitrogen and oxygen atoms in total. The molecule has 1 aromatic rings. The Balaban J connectivity index is 2.23. The maximum absolute atomic E-state index is 12.3. The predicted molar refractivity (Wildman–Crippen MR) is 64.2 cm³/mol. The molecule has 4 heteroatoms. The van der Waals surface area contributed by atoms with Gasteiger partial charge in [0, 0.05) is 18.7 Å². The van der Waals surface area contributed by atoms with Gasteiger partial charge in [0.1, 0.15) is 0 Å². The van der Waals surface area contributed by atoms with E-state index in [0.29, 0.717) is 13.2 Å². The quantitative estimate of drug-likeness (QED) is 0.743. The van der Waals surface area contributed by atoms with E-state index in [2.05, 4.69) is 5.32 Å². The van der Waals surface area contributed by atoms with Crippen molar-refractivity contribution in [2.24, 2.45) is 0 Å². The molecule has 1 aromatic carbocycles.